The number of rotatable bonds is 5. The quantitative estimate of drug-likeness (QED) is 0.755. The lowest BCUT2D eigenvalue weighted by Crippen LogP contribution is -2.24. The van der Waals surface area contributed by atoms with E-state index in [0.29, 0.717) is 0 Å². The van der Waals surface area contributed by atoms with Gasteiger partial charge >= 0.3 is 5.97 Å². The van der Waals surface area contributed by atoms with E-state index in [2.05, 4.69) is 4.72 Å². The van der Waals surface area contributed by atoms with Gasteiger partial charge in [-0.05, 0) is 6.07 Å². The summed E-state index contributed by atoms with van der Waals surface area (Å²) in [4.78, 5) is 10.4. The zero-order valence-electron chi connectivity index (χ0n) is 8.00. The summed E-state index contributed by atoms with van der Waals surface area (Å²) in [5.41, 5.74) is 0. The summed E-state index contributed by atoms with van der Waals surface area (Å²) in [5, 5.41) is 18.1. The van der Waals surface area contributed by atoms with Crippen LogP contribution in [0.2, 0.25) is 0 Å². The van der Waals surface area contributed by atoms with Gasteiger partial charge in [0.1, 0.15) is 4.88 Å². The van der Waals surface area contributed by atoms with Gasteiger partial charge in [0.2, 0.25) is 10.0 Å². The molecule has 1 aromatic heterocycles. The number of nitrogens with zero attached hydrogens (tertiary/aromatic N) is 1. The maximum absolute atomic E-state index is 11.5. The van der Waals surface area contributed by atoms with Crippen molar-refractivity contribution >= 4 is 27.3 Å². The summed E-state index contributed by atoms with van der Waals surface area (Å²) < 4.78 is 25.3. The highest BCUT2D eigenvalue weighted by molar-refractivity contribution is 7.89. The third kappa shape index (κ3) is 3.03. The van der Waals surface area contributed by atoms with Gasteiger partial charge in [-0.3, -0.25) is 0 Å². The second-order valence-electron chi connectivity index (χ2n) is 2.76. The number of aromatic carboxylic acids is 1. The highest BCUT2D eigenvalue weighted by Gasteiger charge is 2.17. The van der Waals surface area contributed by atoms with Crippen molar-refractivity contribution in [3.05, 3.63) is 16.3 Å². The fourth-order valence-electron chi connectivity index (χ4n) is 0.897. The molecule has 0 bridgehead atoms. The van der Waals surface area contributed by atoms with Gasteiger partial charge in [0.15, 0.2) is 0 Å². The molecule has 0 aromatic carbocycles. The molecule has 0 aliphatic heterocycles. The minimum absolute atomic E-state index is 0.0110. The molecule has 0 amide bonds. The van der Waals surface area contributed by atoms with Gasteiger partial charge in [0.05, 0.1) is 11.0 Å². The first-order chi connectivity index (χ1) is 7.47. The topological polar surface area (TPSA) is 107 Å². The van der Waals surface area contributed by atoms with E-state index in [-0.39, 0.29) is 22.7 Å². The van der Waals surface area contributed by atoms with Crippen LogP contribution in [0.1, 0.15) is 16.1 Å². The first kappa shape index (κ1) is 12.6. The van der Waals surface area contributed by atoms with Crippen LogP contribution in [0.15, 0.2) is 16.3 Å². The molecule has 8 heteroatoms. The standard InChI is InChI=1S/C8H8N2O4S2/c9-2-1-3-10-16(13,14)6-4-7(8(11)12)15-5-6/h4-5,10H,1,3H2,(H,11,12). The molecule has 16 heavy (non-hydrogen) atoms. The molecular weight excluding hydrogens is 252 g/mol. The van der Waals surface area contributed by atoms with Gasteiger partial charge in [-0.25, -0.2) is 17.9 Å². The van der Waals surface area contributed by atoms with Crippen molar-refractivity contribution in [2.75, 3.05) is 6.54 Å². The Bertz CT molecular complexity index is 526. The Hall–Kier alpha value is -1.43. The third-order valence-corrected chi connectivity index (χ3v) is 4.13. The maximum Gasteiger partial charge on any atom is 0.345 e. The van der Waals surface area contributed by atoms with Crippen LogP contribution >= 0.6 is 11.3 Å². The number of nitriles is 1. The second kappa shape index (κ2) is 5.07. The molecule has 1 aromatic rings. The molecule has 1 rings (SSSR count). The Kier molecular flexibility index (Phi) is 4.00. The van der Waals surface area contributed by atoms with Crippen molar-refractivity contribution in [3.8, 4) is 6.07 Å². The van der Waals surface area contributed by atoms with Crippen molar-refractivity contribution in [1.29, 1.82) is 5.26 Å². The average molecular weight is 260 g/mol. The van der Waals surface area contributed by atoms with Gasteiger partial charge in [-0.2, -0.15) is 5.26 Å². The molecule has 86 valence electrons. The predicted molar refractivity (Wildman–Crippen MR) is 56.7 cm³/mol. The monoisotopic (exact) mass is 260 g/mol. The molecule has 0 radical (unpaired) electrons. The van der Waals surface area contributed by atoms with Gasteiger partial charge in [-0.15, -0.1) is 11.3 Å². The molecule has 0 unspecified atom stereocenters. The van der Waals surface area contributed by atoms with Crippen LogP contribution in [0.5, 0.6) is 0 Å². The normalized spacial score (nSPS) is 10.9. The van der Waals surface area contributed by atoms with Gasteiger partial charge in [-0.1, -0.05) is 0 Å². The lowest BCUT2D eigenvalue weighted by Gasteiger charge is -2.00. The van der Waals surface area contributed by atoms with Crippen molar-refractivity contribution in [2.24, 2.45) is 0 Å². The Labute approximate surface area is 96.2 Å². The molecule has 0 aliphatic rings. The number of hydrogen-bond acceptors (Lipinski definition) is 5. The van der Waals surface area contributed by atoms with Crippen molar-refractivity contribution in [2.45, 2.75) is 11.3 Å². The van der Waals surface area contributed by atoms with E-state index in [1.807, 2.05) is 0 Å². The van der Waals surface area contributed by atoms with Gasteiger partial charge < -0.3 is 5.11 Å². The first-order valence-electron chi connectivity index (χ1n) is 4.16. The van der Waals surface area contributed by atoms with E-state index in [0.717, 1.165) is 17.4 Å². The third-order valence-electron chi connectivity index (χ3n) is 1.63. The molecule has 6 nitrogen and oxygen atoms in total. The molecule has 0 saturated carbocycles. The smallest absolute Gasteiger partial charge is 0.345 e. The van der Waals surface area contributed by atoms with Crippen LogP contribution in [0.25, 0.3) is 0 Å². The number of hydrogen-bond donors (Lipinski definition) is 2. The fraction of sp³-hybridized carbons (Fsp3) is 0.250. The van der Waals surface area contributed by atoms with E-state index in [1.54, 1.807) is 6.07 Å². The summed E-state index contributed by atoms with van der Waals surface area (Å²) >= 11 is 0.840. The number of sulfonamides is 1. The first-order valence-corrected chi connectivity index (χ1v) is 6.52. The number of carbonyl (C=O) groups is 1. The zero-order valence-corrected chi connectivity index (χ0v) is 9.64. The zero-order chi connectivity index (χ0) is 12.2. The SMILES string of the molecule is N#CCCNS(=O)(=O)c1csc(C(=O)O)c1. The number of thiophene rings is 1. The van der Waals surface area contributed by atoms with Crippen LogP contribution < -0.4 is 4.72 Å². The number of carboxylic acids is 1. The molecular formula is C8H8N2O4S2. The summed E-state index contributed by atoms with van der Waals surface area (Å²) in [5.74, 6) is -1.16. The summed E-state index contributed by atoms with van der Waals surface area (Å²) in [6, 6.07) is 2.88. The molecule has 0 saturated heterocycles. The van der Waals surface area contributed by atoms with E-state index in [4.69, 9.17) is 10.4 Å². The highest BCUT2D eigenvalue weighted by atomic mass is 32.2. The van der Waals surface area contributed by atoms with Crippen LogP contribution in [-0.4, -0.2) is 26.0 Å². The molecule has 1 heterocycles. The molecule has 0 aliphatic carbocycles. The van der Waals surface area contributed by atoms with Crippen molar-refractivity contribution in [1.82, 2.24) is 4.72 Å². The number of carboxylic acid groups (broad SMARTS) is 1. The Morgan fingerprint density at radius 3 is 2.81 bits per heavy atom. The average Bonchev–Trinajstić information content (AvgIpc) is 2.67. The second-order valence-corrected chi connectivity index (χ2v) is 5.44. The van der Waals surface area contributed by atoms with Gasteiger partial charge in [0, 0.05) is 18.3 Å². The minimum Gasteiger partial charge on any atom is -0.477 e. The van der Waals surface area contributed by atoms with Crippen LogP contribution in [-0.2, 0) is 10.0 Å². The lowest BCUT2D eigenvalue weighted by molar-refractivity contribution is 0.0702. The molecule has 0 fully saturated rings. The summed E-state index contributed by atoms with van der Waals surface area (Å²) in [7, 11) is -3.70. The largest absolute Gasteiger partial charge is 0.477 e. The van der Waals surface area contributed by atoms with E-state index in [9.17, 15) is 13.2 Å². The maximum atomic E-state index is 11.5. The van der Waals surface area contributed by atoms with Crippen LogP contribution in [0.3, 0.4) is 0 Å². The summed E-state index contributed by atoms with van der Waals surface area (Å²) in [6.45, 7) is 0.0110. The van der Waals surface area contributed by atoms with Crippen molar-refractivity contribution < 1.29 is 18.3 Å². The van der Waals surface area contributed by atoms with E-state index in [1.165, 1.54) is 5.38 Å². The number of nitrogens with one attached hydrogen (secondary N) is 1. The van der Waals surface area contributed by atoms with Gasteiger partial charge in [0.25, 0.3) is 0 Å². The molecule has 2 N–H and O–H groups in total. The van der Waals surface area contributed by atoms with Crippen LogP contribution in [0.4, 0.5) is 0 Å². The highest BCUT2D eigenvalue weighted by Crippen LogP contribution is 2.18. The molecule has 0 spiro atoms. The summed E-state index contributed by atoms with van der Waals surface area (Å²) in [6.07, 6.45) is 0.0646. The lowest BCUT2D eigenvalue weighted by atomic mass is 10.5. The van der Waals surface area contributed by atoms with Crippen molar-refractivity contribution in [3.63, 3.8) is 0 Å². The van der Waals surface area contributed by atoms with Crippen LogP contribution in [0, 0.1) is 11.3 Å². The minimum atomic E-state index is -3.70. The predicted octanol–water partition coefficient (Wildman–Crippen LogP) is 0.638. The molecule has 0 atom stereocenters. The fourth-order valence-corrected chi connectivity index (χ4v) is 3.04. The van der Waals surface area contributed by atoms with E-state index < -0.39 is 16.0 Å². The van der Waals surface area contributed by atoms with E-state index >= 15 is 0 Å². The Morgan fingerprint density at radius 1 is 1.62 bits per heavy atom. The Balaban J connectivity index is 2.83. The Morgan fingerprint density at radius 2 is 2.31 bits per heavy atom.